The van der Waals surface area contributed by atoms with Crippen LogP contribution in [-0.2, 0) is 4.79 Å². The van der Waals surface area contributed by atoms with Crippen molar-refractivity contribution in [2.75, 3.05) is 26.2 Å². The number of nitrogens with one attached hydrogen (secondary N) is 1. The number of hydrogen-bond donors (Lipinski definition) is 2. The Bertz CT molecular complexity index is 575. The third-order valence-electron chi connectivity index (χ3n) is 3.19. The van der Waals surface area contributed by atoms with Gasteiger partial charge in [0.1, 0.15) is 5.75 Å². The molecule has 2 N–H and O–H groups in total. The van der Waals surface area contributed by atoms with Gasteiger partial charge in [-0.3, -0.25) is 4.79 Å². The number of benzene rings is 1. The van der Waals surface area contributed by atoms with Gasteiger partial charge >= 0.3 is 0 Å². The predicted octanol–water partition coefficient (Wildman–Crippen LogP) is 1.27. The zero-order chi connectivity index (χ0) is 13.9. The molecule has 1 saturated heterocycles. The van der Waals surface area contributed by atoms with Crippen molar-refractivity contribution in [1.29, 1.82) is 0 Å². The highest BCUT2D eigenvalue weighted by atomic mass is 32.2. The number of amidine groups is 1. The van der Waals surface area contributed by atoms with Gasteiger partial charge in [-0.25, -0.2) is 0 Å². The van der Waals surface area contributed by atoms with E-state index in [-0.39, 0.29) is 11.7 Å². The minimum atomic E-state index is -0.184. The monoisotopic (exact) mass is 289 g/mol. The van der Waals surface area contributed by atoms with Gasteiger partial charge in [0, 0.05) is 26.2 Å². The Labute approximate surface area is 121 Å². The van der Waals surface area contributed by atoms with Crippen LogP contribution >= 0.6 is 11.8 Å². The standard InChI is InChI=1S/C14H15N3O2S/c18-11-3-1-10(2-4-11)9-12-13(19)16-14(20-12)17-7-5-15-6-8-17/h1-4,9,15,18H,5-8H2. The maximum absolute atomic E-state index is 11.9. The van der Waals surface area contributed by atoms with E-state index in [2.05, 4.69) is 15.2 Å². The second-order valence-electron chi connectivity index (χ2n) is 4.64. The SMILES string of the molecule is O=C1N=C(N2CCNCC2)SC1=Cc1ccc(O)cc1. The highest BCUT2D eigenvalue weighted by Gasteiger charge is 2.26. The summed E-state index contributed by atoms with van der Waals surface area (Å²) in [4.78, 5) is 18.8. The van der Waals surface area contributed by atoms with E-state index in [1.807, 2.05) is 6.08 Å². The van der Waals surface area contributed by atoms with Crippen LogP contribution < -0.4 is 5.32 Å². The fraction of sp³-hybridized carbons (Fsp3) is 0.286. The summed E-state index contributed by atoms with van der Waals surface area (Å²) >= 11 is 1.42. The van der Waals surface area contributed by atoms with Crippen molar-refractivity contribution in [1.82, 2.24) is 10.2 Å². The third-order valence-corrected chi connectivity index (χ3v) is 4.23. The molecule has 0 aliphatic carbocycles. The van der Waals surface area contributed by atoms with Crippen molar-refractivity contribution >= 4 is 28.9 Å². The molecule has 2 heterocycles. The van der Waals surface area contributed by atoms with Gasteiger partial charge in [0.15, 0.2) is 5.17 Å². The molecule has 20 heavy (non-hydrogen) atoms. The van der Waals surface area contributed by atoms with Crippen LogP contribution in [0.25, 0.3) is 6.08 Å². The molecule has 3 rings (SSSR count). The number of hydrogen-bond acceptors (Lipinski definition) is 5. The van der Waals surface area contributed by atoms with E-state index in [1.54, 1.807) is 24.3 Å². The molecule has 1 amide bonds. The number of carbonyl (C=O) groups is 1. The van der Waals surface area contributed by atoms with Gasteiger partial charge in [-0.2, -0.15) is 4.99 Å². The molecule has 104 valence electrons. The van der Waals surface area contributed by atoms with Crippen molar-refractivity contribution in [2.24, 2.45) is 4.99 Å². The minimum Gasteiger partial charge on any atom is -0.508 e. The molecule has 1 aromatic rings. The lowest BCUT2D eigenvalue weighted by Crippen LogP contribution is -2.45. The highest BCUT2D eigenvalue weighted by Crippen LogP contribution is 2.30. The molecule has 6 heteroatoms. The van der Waals surface area contributed by atoms with Crippen molar-refractivity contribution in [3.63, 3.8) is 0 Å². The van der Waals surface area contributed by atoms with Gasteiger partial charge in [-0.05, 0) is 35.5 Å². The molecule has 2 aliphatic heterocycles. The molecule has 0 radical (unpaired) electrons. The summed E-state index contributed by atoms with van der Waals surface area (Å²) in [6.07, 6.45) is 1.81. The Morgan fingerprint density at radius 1 is 1.25 bits per heavy atom. The van der Waals surface area contributed by atoms with Gasteiger partial charge in [-0.15, -0.1) is 0 Å². The molecule has 2 aliphatic rings. The lowest BCUT2D eigenvalue weighted by molar-refractivity contribution is -0.113. The summed E-state index contributed by atoms with van der Waals surface area (Å²) in [5, 5.41) is 13.3. The molecule has 0 aromatic heterocycles. The number of piperazine rings is 1. The zero-order valence-corrected chi connectivity index (χ0v) is 11.7. The summed E-state index contributed by atoms with van der Waals surface area (Å²) in [6.45, 7) is 3.60. The van der Waals surface area contributed by atoms with E-state index in [4.69, 9.17) is 0 Å². The lowest BCUT2D eigenvalue weighted by Gasteiger charge is -2.27. The van der Waals surface area contributed by atoms with Crippen LogP contribution in [0.15, 0.2) is 34.2 Å². The first kappa shape index (κ1) is 13.2. The first-order valence-corrected chi connectivity index (χ1v) is 7.31. The van der Waals surface area contributed by atoms with Crippen LogP contribution in [0.5, 0.6) is 5.75 Å². The van der Waals surface area contributed by atoms with Crippen molar-refractivity contribution in [2.45, 2.75) is 0 Å². The number of phenolic OH excluding ortho intramolecular Hbond substituents is 1. The highest BCUT2D eigenvalue weighted by molar-refractivity contribution is 8.18. The summed E-state index contributed by atoms with van der Waals surface area (Å²) in [5.41, 5.74) is 0.885. The minimum absolute atomic E-state index is 0.184. The molecule has 0 atom stereocenters. The van der Waals surface area contributed by atoms with E-state index in [0.29, 0.717) is 4.91 Å². The third kappa shape index (κ3) is 2.86. The average Bonchev–Trinajstić information content (AvgIpc) is 2.84. The van der Waals surface area contributed by atoms with Gasteiger partial charge < -0.3 is 15.3 Å². The van der Waals surface area contributed by atoms with E-state index in [9.17, 15) is 9.90 Å². The van der Waals surface area contributed by atoms with Gasteiger partial charge in [-0.1, -0.05) is 12.1 Å². The first-order valence-electron chi connectivity index (χ1n) is 6.50. The second-order valence-corrected chi connectivity index (χ2v) is 5.65. The number of thioether (sulfide) groups is 1. The number of aromatic hydroxyl groups is 1. The molecule has 0 saturated carbocycles. The maximum atomic E-state index is 11.9. The van der Waals surface area contributed by atoms with Crippen LogP contribution in [0.3, 0.4) is 0 Å². The maximum Gasteiger partial charge on any atom is 0.286 e. The lowest BCUT2D eigenvalue weighted by atomic mass is 10.2. The summed E-state index contributed by atoms with van der Waals surface area (Å²) < 4.78 is 0. The summed E-state index contributed by atoms with van der Waals surface area (Å²) in [6, 6.07) is 6.76. The summed E-state index contributed by atoms with van der Waals surface area (Å²) in [5.74, 6) is 0.0342. The van der Waals surface area contributed by atoms with Crippen molar-refractivity contribution in [3.05, 3.63) is 34.7 Å². The van der Waals surface area contributed by atoms with E-state index in [1.165, 1.54) is 11.8 Å². The fourth-order valence-electron chi connectivity index (χ4n) is 2.11. The van der Waals surface area contributed by atoms with Crippen LogP contribution in [0.2, 0.25) is 0 Å². The van der Waals surface area contributed by atoms with Crippen LogP contribution in [-0.4, -0.2) is 47.3 Å². The smallest absolute Gasteiger partial charge is 0.286 e. The van der Waals surface area contributed by atoms with Crippen LogP contribution in [0.4, 0.5) is 0 Å². The number of nitrogens with zero attached hydrogens (tertiary/aromatic N) is 2. The average molecular weight is 289 g/mol. The molecule has 0 unspecified atom stereocenters. The largest absolute Gasteiger partial charge is 0.508 e. The predicted molar refractivity (Wildman–Crippen MR) is 80.6 cm³/mol. The van der Waals surface area contributed by atoms with E-state index < -0.39 is 0 Å². The number of carbonyl (C=O) groups excluding carboxylic acids is 1. The van der Waals surface area contributed by atoms with E-state index >= 15 is 0 Å². The quantitative estimate of drug-likeness (QED) is 0.762. The van der Waals surface area contributed by atoms with Gasteiger partial charge in [0.05, 0.1) is 4.91 Å². The molecule has 1 aromatic carbocycles. The number of aliphatic imine (C=N–C) groups is 1. The first-order chi connectivity index (χ1) is 9.72. The Hall–Kier alpha value is -1.79. The topological polar surface area (TPSA) is 64.9 Å². The molecule has 1 fully saturated rings. The zero-order valence-electron chi connectivity index (χ0n) is 10.9. The summed E-state index contributed by atoms with van der Waals surface area (Å²) in [7, 11) is 0. The molecular weight excluding hydrogens is 274 g/mol. The molecule has 5 nitrogen and oxygen atoms in total. The van der Waals surface area contributed by atoms with Gasteiger partial charge in [0.25, 0.3) is 5.91 Å². The number of amides is 1. The van der Waals surface area contributed by atoms with Crippen LogP contribution in [0.1, 0.15) is 5.56 Å². The van der Waals surface area contributed by atoms with Gasteiger partial charge in [0.2, 0.25) is 0 Å². The molecule has 0 bridgehead atoms. The number of phenols is 1. The number of rotatable bonds is 1. The van der Waals surface area contributed by atoms with Crippen molar-refractivity contribution < 1.29 is 9.90 Å². The Morgan fingerprint density at radius 3 is 2.65 bits per heavy atom. The Morgan fingerprint density at radius 2 is 1.95 bits per heavy atom. The van der Waals surface area contributed by atoms with E-state index in [0.717, 1.165) is 36.9 Å². The van der Waals surface area contributed by atoms with Crippen molar-refractivity contribution in [3.8, 4) is 5.75 Å². The normalized spacial score (nSPS) is 21.4. The molecular formula is C14H15N3O2S. The fourth-order valence-corrected chi connectivity index (χ4v) is 3.08. The van der Waals surface area contributed by atoms with Crippen LogP contribution in [0, 0.1) is 0 Å². The molecule has 0 spiro atoms. The second kappa shape index (κ2) is 5.68. The Balaban J connectivity index is 1.74. The Kier molecular flexibility index (Phi) is 3.75.